The fourth-order valence-electron chi connectivity index (χ4n) is 1.93. The standard InChI is InChI=1S/C10H8N2O2.C7H9NO.C2H6/c1-6(14)7-2-3-8-9(4-7)12-10(5-13)11-8;1-8-6-2-4-7(9)5-3-6;1-2/h2-5H,1H3,(H,11,12);2-5,8-9H,1H3;1-2H3. The van der Waals surface area contributed by atoms with E-state index >= 15 is 0 Å². The van der Waals surface area contributed by atoms with Crippen molar-refractivity contribution >= 4 is 28.8 Å². The van der Waals surface area contributed by atoms with Gasteiger partial charge in [0.2, 0.25) is 0 Å². The van der Waals surface area contributed by atoms with E-state index in [0.29, 0.717) is 28.6 Å². The molecule has 1 heterocycles. The Morgan fingerprint density at radius 3 is 2.32 bits per heavy atom. The van der Waals surface area contributed by atoms with Gasteiger partial charge in [0.05, 0.1) is 11.0 Å². The van der Waals surface area contributed by atoms with E-state index in [1.54, 1.807) is 30.3 Å². The highest BCUT2D eigenvalue weighted by Crippen LogP contribution is 2.13. The van der Waals surface area contributed by atoms with Gasteiger partial charge in [0, 0.05) is 18.3 Å². The van der Waals surface area contributed by atoms with Crippen molar-refractivity contribution in [2.45, 2.75) is 20.8 Å². The van der Waals surface area contributed by atoms with Crippen LogP contribution in [0.2, 0.25) is 0 Å². The van der Waals surface area contributed by atoms with Gasteiger partial charge < -0.3 is 15.4 Å². The van der Waals surface area contributed by atoms with Gasteiger partial charge in [-0.2, -0.15) is 0 Å². The molecule has 3 aromatic rings. The number of aromatic nitrogens is 2. The fraction of sp³-hybridized carbons (Fsp3) is 0.211. The maximum Gasteiger partial charge on any atom is 0.185 e. The van der Waals surface area contributed by atoms with Crippen molar-refractivity contribution in [3.63, 3.8) is 0 Å². The van der Waals surface area contributed by atoms with Gasteiger partial charge in [-0.1, -0.05) is 13.8 Å². The molecule has 0 atom stereocenters. The Balaban J connectivity index is 0.000000246. The van der Waals surface area contributed by atoms with Crippen LogP contribution in [-0.2, 0) is 0 Å². The number of anilines is 1. The van der Waals surface area contributed by atoms with Crippen LogP contribution in [0.15, 0.2) is 42.5 Å². The van der Waals surface area contributed by atoms with Crippen molar-refractivity contribution in [1.82, 2.24) is 9.97 Å². The number of aldehydes is 1. The topological polar surface area (TPSA) is 95.1 Å². The van der Waals surface area contributed by atoms with E-state index in [1.165, 1.54) is 6.92 Å². The molecule has 3 rings (SSSR count). The first-order valence-electron chi connectivity index (χ1n) is 7.96. The predicted molar refractivity (Wildman–Crippen MR) is 100 cm³/mol. The molecule has 0 unspecified atom stereocenters. The van der Waals surface area contributed by atoms with Gasteiger partial charge in [0.1, 0.15) is 5.75 Å². The molecule has 0 saturated heterocycles. The van der Waals surface area contributed by atoms with E-state index in [-0.39, 0.29) is 11.6 Å². The van der Waals surface area contributed by atoms with Crippen molar-refractivity contribution in [1.29, 1.82) is 0 Å². The normalized spacial score (nSPS) is 9.28. The lowest BCUT2D eigenvalue weighted by molar-refractivity contribution is 0.101. The van der Waals surface area contributed by atoms with Crippen LogP contribution >= 0.6 is 0 Å². The van der Waals surface area contributed by atoms with Crippen LogP contribution < -0.4 is 5.32 Å². The third-order valence-corrected chi connectivity index (χ3v) is 3.17. The van der Waals surface area contributed by atoms with Crippen LogP contribution in [0, 0.1) is 0 Å². The van der Waals surface area contributed by atoms with Gasteiger partial charge in [0.15, 0.2) is 17.9 Å². The number of benzene rings is 2. The van der Waals surface area contributed by atoms with Crippen molar-refractivity contribution in [3.05, 3.63) is 53.9 Å². The molecule has 1 aromatic heterocycles. The molecule has 0 saturated carbocycles. The molecule has 25 heavy (non-hydrogen) atoms. The summed E-state index contributed by atoms with van der Waals surface area (Å²) in [6, 6.07) is 12.0. The highest BCUT2D eigenvalue weighted by Gasteiger charge is 2.04. The van der Waals surface area contributed by atoms with E-state index in [0.717, 1.165) is 5.69 Å². The Morgan fingerprint density at radius 1 is 1.16 bits per heavy atom. The number of fused-ring (bicyclic) bond motifs is 1. The minimum absolute atomic E-state index is 0.00541. The number of hydrogen-bond donors (Lipinski definition) is 3. The number of rotatable bonds is 3. The first kappa shape index (κ1) is 19.9. The zero-order valence-corrected chi connectivity index (χ0v) is 14.8. The van der Waals surface area contributed by atoms with Gasteiger partial charge in [-0.3, -0.25) is 9.59 Å². The number of aromatic hydroxyl groups is 1. The van der Waals surface area contributed by atoms with Gasteiger partial charge in [0.25, 0.3) is 0 Å². The fourth-order valence-corrected chi connectivity index (χ4v) is 1.93. The number of carbonyl (C=O) groups is 2. The number of ketones is 1. The molecule has 0 aliphatic rings. The van der Waals surface area contributed by atoms with Crippen LogP contribution in [0.25, 0.3) is 11.0 Å². The third kappa shape index (κ3) is 5.76. The van der Waals surface area contributed by atoms with E-state index in [9.17, 15) is 9.59 Å². The van der Waals surface area contributed by atoms with E-state index < -0.39 is 0 Å². The summed E-state index contributed by atoms with van der Waals surface area (Å²) in [5.41, 5.74) is 3.02. The number of H-pyrrole nitrogens is 1. The van der Waals surface area contributed by atoms with E-state index in [2.05, 4.69) is 15.3 Å². The maximum absolute atomic E-state index is 11.1. The lowest BCUT2D eigenvalue weighted by atomic mass is 10.1. The Hall–Kier alpha value is -3.15. The number of nitrogens with one attached hydrogen (secondary N) is 2. The average molecular weight is 341 g/mol. The lowest BCUT2D eigenvalue weighted by Gasteiger charge is -1.96. The molecule has 6 heteroatoms. The maximum atomic E-state index is 11.1. The van der Waals surface area contributed by atoms with Crippen molar-refractivity contribution in [2.24, 2.45) is 0 Å². The largest absolute Gasteiger partial charge is 0.508 e. The lowest BCUT2D eigenvalue weighted by Crippen LogP contribution is -1.90. The van der Waals surface area contributed by atoms with Crippen molar-refractivity contribution in [2.75, 3.05) is 12.4 Å². The first-order chi connectivity index (χ1) is 12.0. The monoisotopic (exact) mass is 341 g/mol. The van der Waals surface area contributed by atoms with Crippen LogP contribution in [0.5, 0.6) is 5.75 Å². The molecule has 132 valence electrons. The summed E-state index contributed by atoms with van der Waals surface area (Å²) in [4.78, 5) is 28.3. The second-order valence-corrected chi connectivity index (χ2v) is 4.82. The summed E-state index contributed by atoms with van der Waals surface area (Å²) in [7, 11) is 1.84. The number of nitrogens with zero attached hydrogens (tertiary/aromatic N) is 1. The van der Waals surface area contributed by atoms with Crippen molar-refractivity contribution in [3.8, 4) is 5.75 Å². The minimum Gasteiger partial charge on any atom is -0.508 e. The summed E-state index contributed by atoms with van der Waals surface area (Å²) in [5.74, 6) is 0.573. The van der Waals surface area contributed by atoms with E-state index in [4.69, 9.17) is 5.11 Å². The molecular formula is C19H23N3O3. The number of aromatic amines is 1. The summed E-state index contributed by atoms with van der Waals surface area (Å²) in [6.07, 6.45) is 0.646. The number of imidazole rings is 1. The molecule has 0 amide bonds. The van der Waals surface area contributed by atoms with Crippen molar-refractivity contribution < 1.29 is 14.7 Å². The number of phenolic OH excluding ortho intramolecular Hbond substituents is 1. The van der Waals surface area contributed by atoms with Gasteiger partial charge >= 0.3 is 0 Å². The summed E-state index contributed by atoms with van der Waals surface area (Å²) in [6.45, 7) is 5.50. The zero-order valence-electron chi connectivity index (χ0n) is 14.8. The quantitative estimate of drug-likeness (QED) is 0.380. The number of hydrogen-bond acceptors (Lipinski definition) is 5. The molecule has 0 fully saturated rings. The molecule has 3 N–H and O–H groups in total. The second-order valence-electron chi connectivity index (χ2n) is 4.82. The SMILES string of the molecule is CC.CC(=O)c1ccc2nc(C=O)[nH]c2c1.CNc1ccc(O)cc1. The first-order valence-corrected chi connectivity index (χ1v) is 7.96. The highest BCUT2D eigenvalue weighted by atomic mass is 16.3. The molecule has 0 bridgehead atoms. The van der Waals surface area contributed by atoms with Crippen LogP contribution in [-0.4, -0.2) is 34.2 Å². The summed E-state index contributed by atoms with van der Waals surface area (Å²) >= 11 is 0. The Morgan fingerprint density at radius 2 is 1.80 bits per heavy atom. The van der Waals surface area contributed by atoms with E-state index in [1.807, 2.05) is 33.0 Å². The average Bonchev–Trinajstić information content (AvgIpc) is 3.07. The Kier molecular flexibility index (Phi) is 7.86. The predicted octanol–water partition coefficient (Wildman–Crippen LogP) is 4.04. The molecule has 0 radical (unpaired) electrons. The van der Waals surface area contributed by atoms with Crippen LogP contribution in [0.1, 0.15) is 41.7 Å². The minimum atomic E-state index is -0.00541. The molecule has 6 nitrogen and oxygen atoms in total. The molecule has 0 aliphatic carbocycles. The number of phenols is 1. The molecule has 0 aliphatic heterocycles. The van der Waals surface area contributed by atoms with Crippen LogP contribution in [0.3, 0.4) is 0 Å². The number of carbonyl (C=O) groups excluding carboxylic acids is 2. The Bertz CT molecular complexity index is 824. The molecular weight excluding hydrogens is 318 g/mol. The number of Topliss-reactive ketones (excluding diaryl/α,β-unsaturated/α-hetero) is 1. The van der Waals surface area contributed by atoms with Crippen LogP contribution in [0.4, 0.5) is 5.69 Å². The highest BCUT2D eigenvalue weighted by molar-refractivity contribution is 5.97. The summed E-state index contributed by atoms with van der Waals surface area (Å²) < 4.78 is 0. The van der Waals surface area contributed by atoms with Gasteiger partial charge in [-0.15, -0.1) is 0 Å². The summed E-state index contributed by atoms with van der Waals surface area (Å²) in [5, 5.41) is 11.8. The second kappa shape index (κ2) is 9.87. The Labute approximate surface area is 146 Å². The molecule has 0 spiro atoms. The molecule has 2 aromatic carbocycles. The van der Waals surface area contributed by atoms with Gasteiger partial charge in [-0.25, -0.2) is 4.98 Å². The third-order valence-electron chi connectivity index (χ3n) is 3.17. The van der Waals surface area contributed by atoms with Gasteiger partial charge in [-0.05, 0) is 49.4 Å². The zero-order chi connectivity index (χ0) is 18.8. The smallest absolute Gasteiger partial charge is 0.185 e.